The Morgan fingerprint density at radius 3 is 3.00 bits per heavy atom. The normalized spacial score (nSPS) is 13.2. The van der Waals surface area contributed by atoms with Gasteiger partial charge in [0.2, 0.25) is 0 Å². The molecule has 4 heteroatoms. The molecule has 1 rings (SSSR count). The predicted octanol–water partition coefficient (Wildman–Crippen LogP) is 1.35. The number of nitrogens with one attached hydrogen (secondary N) is 1. The first kappa shape index (κ1) is 10.6. The molecule has 3 nitrogen and oxygen atoms in total. The van der Waals surface area contributed by atoms with Crippen molar-refractivity contribution in [1.82, 2.24) is 10.3 Å². The molecule has 74 valence electrons. The van der Waals surface area contributed by atoms with Crippen LogP contribution in [0.2, 0.25) is 0 Å². The van der Waals surface area contributed by atoms with Crippen LogP contribution in [-0.4, -0.2) is 23.2 Å². The van der Waals surface area contributed by atoms with Gasteiger partial charge in [0.1, 0.15) is 5.01 Å². The van der Waals surface area contributed by atoms with Crippen molar-refractivity contribution in [2.24, 2.45) is 0 Å². The fourth-order valence-corrected chi connectivity index (χ4v) is 1.94. The Labute approximate surface area is 82.8 Å². The molecule has 1 unspecified atom stereocenters. The van der Waals surface area contributed by atoms with Crippen LogP contribution in [0.1, 0.15) is 29.8 Å². The van der Waals surface area contributed by atoms with E-state index in [4.69, 9.17) is 5.11 Å². The molecule has 0 aliphatic heterocycles. The molecule has 0 aliphatic carbocycles. The van der Waals surface area contributed by atoms with Crippen molar-refractivity contribution in [3.63, 3.8) is 0 Å². The van der Waals surface area contributed by atoms with Gasteiger partial charge >= 0.3 is 0 Å². The first-order valence-electron chi connectivity index (χ1n) is 4.56. The molecule has 0 spiro atoms. The van der Waals surface area contributed by atoms with Crippen LogP contribution in [0.5, 0.6) is 0 Å². The molecule has 2 N–H and O–H groups in total. The number of hydrogen-bond acceptors (Lipinski definition) is 4. The first-order chi connectivity index (χ1) is 6.27. The Morgan fingerprint density at radius 1 is 1.69 bits per heavy atom. The smallest absolute Gasteiger partial charge is 0.109 e. The third-order valence-electron chi connectivity index (χ3n) is 1.85. The SMILES string of the molecule is CCc1cnc(C(C)NCCO)s1. The van der Waals surface area contributed by atoms with Crippen molar-refractivity contribution in [2.45, 2.75) is 26.3 Å². The summed E-state index contributed by atoms with van der Waals surface area (Å²) < 4.78 is 0. The topological polar surface area (TPSA) is 45.2 Å². The average molecular weight is 200 g/mol. The summed E-state index contributed by atoms with van der Waals surface area (Å²) in [6.07, 6.45) is 2.97. The predicted molar refractivity (Wildman–Crippen MR) is 55.0 cm³/mol. The fraction of sp³-hybridized carbons (Fsp3) is 0.667. The Hall–Kier alpha value is -0.450. The van der Waals surface area contributed by atoms with Gasteiger partial charge in [-0.15, -0.1) is 11.3 Å². The molecular weight excluding hydrogens is 184 g/mol. The zero-order chi connectivity index (χ0) is 9.68. The highest BCUT2D eigenvalue weighted by molar-refractivity contribution is 7.11. The molecule has 0 aromatic carbocycles. The molecule has 0 saturated carbocycles. The summed E-state index contributed by atoms with van der Waals surface area (Å²) in [7, 11) is 0. The van der Waals surface area contributed by atoms with E-state index in [-0.39, 0.29) is 12.6 Å². The summed E-state index contributed by atoms with van der Waals surface area (Å²) in [6, 6.07) is 0.248. The number of aryl methyl sites for hydroxylation is 1. The second kappa shape index (κ2) is 5.32. The largest absolute Gasteiger partial charge is 0.395 e. The average Bonchev–Trinajstić information content (AvgIpc) is 2.62. The summed E-state index contributed by atoms with van der Waals surface area (Å²) in [5.74, 6) is 0. The highest BCUT2D eigenvalue weighted by atomic mass is 32.1. The first-order valence-corrected chi connectivity index (χ1v) is 5.38. The van der Waals surface area contributed by atoms with Gasteiger partial charge < -0.3 is 10.4 Å². The van der Waals surface area contributed by atoms with E-state index in [1.807, 2.05) is 6.20 Å². The minimum absolute atomic E-state index is 0.177. The molecule has 0 fully saturated rings. The molecule has 0 amide bonds. The molecule has 0 radical (unpaired) electrons. The molecule has 1 aromatic heterocycles. The molecule has 0 saturated heterocycles. The maximum Gasteiger partial charge on any atom is 0.109 e. The van der Waals surface area contributed by atoms with E-state index >= 15 is 0 Å². The second-order valence-electron chi connectivity index (χ2n) is 2.92. The monoisotopic (exact) mass is 200 g/mol. The van der Waals surface area contributed by atoms with E-state index in [1.165, 1.54) is 4.88 Å². The molecular formula is C9H16N2OS. The van der Waals surface area contributed by atoms with E-state index in [2.05, 4.69) is 24.1 Å². The number of aliphatic hydroxyl groups is 1. The third-order valence-corrected chi connectivity index (χ3v) is 3.18. The molecule has 1 atom stereocenters. The van der Waals surface area contributed by atoms with E-state index in [9.17, 15) is 0 Å². The van der Waals surface area contributed by atoms with Gasteiger partial charge in [-0.1, -0.05) is 6.92 Å². The summed E-state index contributed by atoms with van der Waals surface area (Å²) in [5, 5.41) is 12.9. The summed E-state index contributed by atoms with van der Waals surface area (Å²) in [4.78, 5) is 5.63. The van der Waals surface area contributed by atoms with E-state index in [0.717, 1.165) is 11.4 Å². The van der Waals surface area contributed by atoms with Crippen LogP contribution < -0.4 is 5.32 Å². The van der Waals surface area contributed by atoms with Gasteiger partial charge in [0.15, 0.2) is 0 Å². The summed E-state index contributed by atoms with van der Waals surface area (Å²) in [5.41, 5.74) is 0. The quantitative estimate of drug-likeness (QED) is 0.754. The number of aliphatic hydroxyl groups excluding tert-OH is 1. The molecule has 1 heterocycles. The zero-order valence-corrected chi connectivity index (χ0v) is 8.90. The van der Waals surface area contributed by atoms with Gasteiger partial charge in [0, 0.05) is 17.6 Å². The van der Waals surface area contributed by atoms with Crippen molar-refractivity contribution in [3.8, 4) is 0 Å². The van der Waals surface area contributed by atoms with E-state index < -0.39 is 0 Å². The third kappa shape index (κ3) is 3.06. The van der Waals surface area contributed by atoms with Crippen molar-refractivity contribution in [1.29, 1.82) is 0 Å². The number of rotatable bonds is 5. The number of nitrogens with zero attached hydrogens (tertiary/aromatic N) is 1. The van der Waals surface area contributed by atoms with E-state index in [0.29, 0.717) is 6.54 Å². The standard InChI is InChI=1S/C9H16N2OS/c1-3-8-6-11-9(13-8)7(2)10-4-5-12/h6-7,10,12H,3-5H2,1-2H3. The lowest BCUT2D eigenvalue weighted by atomic mass is 10.3. The number of thiazole rings is 1. The van der Waals surface area contributed by atoms with Crippen molar-refractivity contribution in [2.75, 3.05) is 13.2 Å². The summed E-state index contributed by atoms with van der Waals surface area (Å²) >= 11 is 1.74. The Bertz CT molecular complexity index is 250. The van der Waals surface area contributed by atoms with Crippen LogP contribution in [0.3, 0.4) is 0 Å². The highest BCUT2D eigenvalue weighted by Gasteiger charge is 2.08. The Kier molecular flexibility index (Phi) is 4.35. The van der Waals surface area contributed by atoms with Gasteiger partial charge in [0.05, 0.1) is 12.6 Å². The number of hydrogen-bond donors (Lipinski definition) is 2. The molecule has 1 aromatic rings. The molecule has 0 aliphatic rings. The lowest BCUT2D eigenvalue weighted by molar-refractivity contribution is 0.286. The van der Waals surface area contributed by atoms with Crippen molar-refractivity contribution in [3.05, 3.63) is 16.1 Å². The van der Waals surface area contributed by atoms with Crippen LogP contribution in [0, 0.1) is 0 Å². The van der Waals surface area contributed by atoms with Gasteiger partial charge in [-0.2, -0.15) is 0 Å². The van der Waals surface area contributed by atoms with Crippen LogP contribution >= 0.6 is 11.3 Å². The van der Waals surface area contributed by atoms with Gasteiger partial charge in [-0.05, 0) is 13.3 Å². The van der Waals surface area contributed by atoms with Crippen LogP contribution in [0.25, 0.3) is 0 Å². The zero-order valence-electron chi connectivity index (χ0n) is 8.08. The summed E-state index contributed by atoms with van der Waals surface area (Å²) in [6.45, 7) is 5.00. The lowest BCUT2D eigenvalue weighted by Gasteiger charge is -2.08. The van der Waals surface area contributed by atoms with Crippen LogP contribution in [0.15, 0.2) is 6.20 Å². The van der Waals surface area contributed by atoms with Crippen molar-refractivity contribution < 1.29 is 5.11 Å². The van der Waals surface area contributed by atoms with Crippen LogP contribution in [0.4, 0.5) is 0 Å². The number of aromatic nitrogens is 1. The minimum atomic E-state index is 0.177. The second-order valence-corrected chi connectivity index (χ2v) is 4.06. The minimum Gasteiger partial charge on any atom is -0.395 e. The molecule has 0 bridgehead atoms. The van der Waals surface area contributed by atoms with Gasteiger partial charge in [0.25, 0.3) is 0 Å². The Balaban J connectivity index is 2.50. The molecule has 13 heavy (non-hydrogen) atoms. The Morgan fingerprint density at radius 2 is 2.46 bits per heavy atom. The highest BCUT2D eigenvalue weighted by Crippen LogP contribution is 2.19. The van der Waals surface area contributed by atoms with E-state index in [1.54, 1.807) is 11.3 Å². The van der Waals surface area contributed by atoms with Gasteiger partial charge in [-0.3, -0.25) is 0 Å². The lowest BCUT2D eigenvalue weighted by Crippen LogP contribution is -2.21. The fourth-order valence-electron chi connectivity index (χ4n) is 1.05. The van der Waals surface area contributed by atoms with Gasteiger partial charge in [-0.25, -0.2) is 4.98 Å². The maximum absolute atomic E-state index is 8.63. The van der Waals surface area contributed by atoms with Crippen molar-refractivity contribution >= 4 is 11.3 Å². The van der Waals surface area contributed by atoms with Crippen LogP contribution in [-0.2, 0) is 6.42 Å². The maximum atomic E-state index is 8.63.